The maximum absolute atomic E-state index is 11.8. The summed E-state index contributed by atoms with van der Waals surface area (Å²) in [5, 5.41) is 9.58. The molecule has 1 amide bonds. The maximum atomic E-state index is 11.8. The summed E-state index contributed by atoms with van der Waals surface area (Å²) in [6.45, 7) is 2.81. The number of hydrogen-bond acceptors (Lipinski definition) is 3. The van der Waals surface area contributed by atoms with Gasteiger partial charge in [-0.25, -0.2) is 0 Å². The normalized spacial score (nSPS) is 20.2. The molecule has 5 heteroatoms. The second kappa shape index (κ2) is 5.82. The molecular formula is C12H19N3O2. The van der Waals surface area contributed by atoms with Gasteiger partial charge in [0.2, 0.25) is 5.91 Å². The average Bonchev–Trinajstić information content (AvgIpc) is 2.77. The minimum Gasteiger partial charge on any atom is -0.378 e. The van der Waals surface area contributed by atoms with Crippen LogP contribution in [-0.4, -0.2) is 28.8 Å². The Hall–Kier alpha value is -1.36. The average molecular weight is 237 g/mol. The molecular weight excluding hydrogens is 218 g/mol. The SMILES string of the molecule is CCc1cn[nH]c1NC(=O)CC1CCCCO1. The second-order valence-corrected chi connectivity index (χ2v) is 4.36. The van der Waals surface area contributed by atoms with Crippen molar-refractivity contribution in [1.82, 2.24) is 10.2 Å². The van der Waals surface area contributed by atoms with Crippen LogP contribution in [0.2, 0.25) is 0 Å². The Morgan fingerprint density at radius 2 is 2.53 bits per heavy atom. The number of hydrogen-bond donors (Lipinski definition) is 2. The molecule has 0 aliphatic carbocycles. The number of nitrogens with zero attached hydrogens (tertiary/aromatic N) is 1. The fourth-order valence-electron chi connectivity index (χ4n) is 2.05. The van der Waals surface area contributed by atoms with Crippen molar-refractivity contribution in [3.8, 4) is 0 Å². The number of aryl methyl sites for hydroxylation is 1. The van der Waals surface area contributed by atoms with E-state index in [1.165, 1.54) is 0 Å². The third-order valence-corrected chi connectivity index (χ3v) is 3.05. The fraction of sp³-hybridized carbons (Fsp3) is 0.667. The lowest BCUT2D eigenvalue weighted by Crippen LogP contribution is -2.25. The first-order valence-electron chi connectivity index (χ1n) is 6.23. The van der Waals surface area contributed by atoms with E-state index in [-0.39, 0.29) is 12.0 Å². The van der Waals surface area contributed by atoms with Gasteiger partial charge in [-0.1, -0.05) is 6.92 Å². The molecule has 1 saturated heterocycles. The van der Waals surface area contributed by atoms with E-state index < -0.39 is 0 Å². The summed E-state index contributed by atoms with van der Waals surface area (Å²) in [6.07, 6.45) is 6.36. The smallest absolute Gasteiger partial charge is 0.228 e. The van der Waals surface area contributed by atoms with Crippen molar-refractivity contribution in [3.05, 3.63) is 11.8 Å². The van der Waals surface area contributed by atoms with Crippen LogP contribution in [-0.2, 0) is 16.0 Å². The lowest BCUT2D eigenvalue weighted by Gasteiger charge is -2.21. The van der Waals surface area contributed by atoms with Gasteiger partial charge in [-0.2, -0.15) is 5.10 Å². The standard InChI is InChI=1S/C12H19N3O2/c1-2-9-8-13-15-12(9)14-11(16)7-10-5-3-4-6-17-10/h8,10H,2-7H2,1H3,(H2,13,14,15,16). The van der Waals surface area contributed by atoms with Gasteiger partial charge in [0.05, 0.1) is 18.7 Å². The van der Waals surface area contributed by atoms with Gasteiger partial charge in [-0.05, 0) is 25.7 Å². The Morgan fingerprint density at radius 3 is 3.24 bits per heavy atom. The summed E-state index contributed by atoms with van der Waals surface area (Å²) in [5.41, 5.74) is 1.03. The third kappa shape index (κ3) is 3.30. The van der Waals surface area contributed by atoms with Gasteiger partial charge in [-0.3, -0.25) is 9.89 Å². The molecule has 17 heavy (non-hydrogen) atoms. The molecule has 0 radical (unpaired) electrons. The molecule has 1 fully saturated rings. The number of carbonyl (C=O) groups is 1. The number of aromatic amines is 1. The van der Waals surface area contributed by atoms with Crippen LogP contribution in [0.1, 0.15) is 38.2 Å². The van der Waals surface area contributed by atoms with Crippen LogP contribution in [0.25, 0.3) is 0 Å². The van der Waals surface area contributed by atoms with Gasteiger partial charge in [0, 0.05) is 12.2 Å². The predicted octanol–water partition coefficient (Wildman–Crippen LogP) is 1.87. The minimum absolute atomic E-state index is 0.00384. The Bertz CT molecular complexity index is 370. The van der Waals surface area contributed by atoms with Gasteiger partial charge in [-0.15, -0.1) is 0 Å². The Morgan fingerprint density at radius 1 is 1.65 bits per heavy atom. The highest BCUT2D eigenvalue weighted by Crippen LogP contribution is 2.17. The van der Waals surface area contributed by atoms with E-state index in [1.54, 1.807) is 6.20 Å². The molecule has 1 unspecified atom stereocenters. The van der Waals surface area contributed by atoms with Crippen LogP contribution in [0.4, 0.5) is 5.82 Å². The largest absolute Gasteiger partial charge is 0.378 e. The van der Waals surface area contributed by atoms with E-state index in [2.05, 4.69) is 15.5 Å². The van der Waals surface area contributed by atoms with Gasteiger partial charge < -0.3 is 10.1 Å². The van der Waals surface area contributed by atoms with E-state index >= 15 is 0 Å². The first-order valence-corrected chi connectivity index (χ1v) is 6.23. The molecule has 0 bridgehead atoms. The van der Waals surface area contributed by atoms with Crippen LogP contribution in [0.3, 0.4) is 0 Å². The predicted molar refractivity (Wildman–Crippen MR) is 64.8 cm³/mol. The zero-order chi connectivity index (χ0) is 12.1. The number of anilines is 1. The number of carbonyl (C=O) groups excluding carboxylic acids is 1. The molecule has 1 aliphatic heterocycles. The summed E-state index contributed by atoms with van der Waals surface area (Å²) >= 11 is 0. The third-order valence-electron chi connectivity index (χ3n) is 3.05. The molecule has 0 spiro atoms. The van der Waals surface area contributed by atoms with E-state index in [4.69, 9.17) is 4.74 Å². The van der Waals surface area contributed by atoms with Crippen molar-refractivity contribution in [2.75, 3.05) is 11.9 Å². The second-order valence-electron chi connectivity index (χ2n) is 4.36. The van der Waals surface area contributed by atoms with Crippen molar-refractivity contribution in [2.24, 2.45) is 0 Å². The lowest BCUT2D eigenvalue weighted by molar-refractivity contribution is -0.119. The van der Waals surface area contributed by atoms with Gasteiger partial charge in [0.25, 0.3) is 0 Å². The van der Waals surface area contributed by atoms with Gasteiger partial charge in [0.15, 0.2) is 0 Å². The van der Waals surface area contributed by atoms with E-state index in [1.807, 2.05) is 6.92 Å². The van der Waals surface area contributed by atoms with Crippen LogP contribution < -0.4 is 5.32 Å². The van der Waals surface area contributed by atoms with E-state index in [0.29, 0.717) is 12.2 Å². The molecule has 5 nitrogen and oxygen atoms in total. The van der Waals surface area contributed by atoms with Crippen molar-refractivity contribution in [3.63, 3.8) is 0 Å². The topological polar surface area (TPSA) is 67.0 Å². The lowest BCUT2D eigenvalue weighted by atomic mass is 10.1. The Balaban J connectivity index is 1.84. The molecule has 0 aromatic carbocycles. The maximum Gasteiger partial charge on any atom is 0.228 e. The van der Waals surface area contributed by atoms with Crippen LogP contribution in [0.5, 0.6) is 0 Å². The number of aromatic nitrogens is 2. The van der Waals surface area contributed by atoms with Crippen molar-refractivity contribution in [2.45, 2.75) is 45.1 Å². The summed E-state index contributed by atoms with van der Waals surface area (Å²) in [7, 11) is 0. The van der Waals surface area contributed by atoms with Crippen LogP contribution >= 0.6 is 0 Å². The first kappa shape index (κ1) is 12.1. The molecule has 1 aliphatic rings. The molecule has 2 N–H and O–H groups in total. The summed E-state index contributed by atoms with van der Waals surface area (Å²) in [6, 6.07) is 0. The first-order chi connectivity index (χ1) is 8.29. The zero-order valence-electron chi connectivity index (χ0n) is 10.2. The van der Waals surface area contributed by atoms with E-state index in [9.17, 15) is 4.79 Å². The van der Waals surface area contributed by atoms with E-state index in [0.717, 1.165) is 37.9 Å². The molecule has 94 valence electrons. The van der Waals surface area contributed by atoms with Crippen LogP contribution in [0, 0.1) is 0 Å². The van der Waals surface area contributed by atoms with Crippen molar-refractivity contribution >= 4 is 11.7 Å². The fourth-order valence-corrected chi connectivity index (χ4v) is 2.05. The molecule has 1 atom stereocenters. The Labute approximate surface area is 101 Å². The highest BCUT2D eigenvalue weighted by molar-refractivity contribution is 5.90. The number of amides is 1. The molecule has 0 saturated carbocycles. The van der Waals surface area contributed by atoms with Crippen LogP contribution in [0.15, 0.2) is 6.20 Å². The summed E-state index contributed by atoms with van der Waals surface area (Å²) in [5.74, 6) is 0.712. The van der Waals surface area contributed by atoms with Gasteiger partial charge >= 0.3 is 0 Å². The zero-order valence-corrected chi connectivity index (χ0v) is 10.2. The number of nitrogens with one attached hydrogen (secondary N) is 2. The molecule has 1 aromatic heterocycles. The van der Waals surface area contributed by atoms with Crippen molar-refractivity contribution in [1.29, 1.82) is 0 Å². The molecule has 1 aromatic rings. The summed E-state index contributed by atoms with van der Waals surface area (Å²) < 4.78 is 5.54. The summed E-state index contributed by atoms with van der Waals surface area (Å²) in [4.78, 5) is 11.8. The van der Waals surface area contributed by atoms with Gasteiger partial charge in [0.1, 0.15) is 5.82 Å². The molecule has 2 heterocycles. The minimum atomic E-state index is -0.00384. The monoisotopic (exact) mass is 237 g/mol. The molecule has 2 rings (SSSR count). The number of rotatable bonds is 4. The highest BCUT2D eigenvalue weighted by atomic mass is 16.5. The van der Waals surface area contributed by atoms with Crippen molar-refractivity contribution < 1.29 is 9.53 Å². The number of H-pyrrole nitrogens is 1. The Kier molecular flexibility index (Phi) is 4.14. The number of ether oxygens (including phenoxy) is 1. The highest BCUT2D eigenvalue weighted by Gasteiger charge is 2.18. The quantitative estimate of drug-likeness (QED) is 0.840.